The highest BCUT2D eigenvalue weighted by atomic mass is 19.1. The van der Waals surface area contributed by atoms with Gasteiger partial charge in [0, 0.05) is 12.2 Å². The van der Waals surface area contributed by atoms with Crippen molar-refractivity contribution < 1.29 is 9.13 Å². The van der Waals surface area contributed by atoms with Crippen LogP contribution in [0.4, 0.5) is 10.1 Å². The highest BCUT2D eigenvalue weighted by Gasteiger charge is 2.00. The van der Waals surface area contributed by atoms with E-state index in [9.17, 15) is 4.39 Å². The van der Waals surface area contributed by atoms with Crippen LogP contribution in [0.25, 0.3) is 0 Å². The minimum atomic E-state index is -0.411. The van der Waals surface area contributed by atoms with Gasteiger partial charge >= 0.3 is 0 Å². The third kappa shape index (κ3) is 4.28. The van der Waals surface area contributed by atoms with E-state index in [1.54, 1.807) is 6.07 Å². The molecule has 1 N–H and O–H groups in total. The molecule has 86 valence electrons. The largest absolute Gasteiger partial charge is 0.383 e. The molecule has 1 aromatic rings. The molecule has 0 amide bonds. The predicted molar refractivity (Wildman–Crippen MR) is 60.7 cm³/mol. The lowest BCUT2D eigenvalue weighted by molar-refractivity contribution is 0.0870. The fourth-order valence-electron chi connectivity index (χ4n) is 1.25. The zero-order chi connectivity index (χ0) is 12.0. The van der Waals surface area contributed by atoms with Crippen molar-refractivity contribution in [1.82, 2.24) is 0 Å². The van der Waals surface area contributed by atoms with E-state index in [0.29, 0.717) is 24.4 Å². The van der Waals surface area contributed by atoms with Gasteiger partial charge in [-0.05, 0) is 32.0 Å². The molecule has 0 saturated carbocycles. The average molecular weight is 222 g/mol. The lowest BCUT2D eigenvalue weighted by Gasteiger charge is -2.09. The Morgan fingerprint density at radius 1 is 1.44 bits per heavy atom. The molecule has 0 fully saturated rings. The summed E-state index contributed by atoms with van der Waals surface area (Å²) >= 11 is 0. The summed E-state index contributed by atoms with van der Waals surface area (Å²) in [6.07, 6.45) is 0.184. The van der Waals surface area contributed by atoms with Crippen LogP contribution in [0.3, 0.4) is 0 Å². The summed E-state index contributed by atoms with van der Waals surface area (Å²) in [5.41, 5.74) is 0.913. The summed E-state index contributed by atoms with van der Waals surface area (Å²) in [5.74, 6) is -0.411. The third-order valence-corrected chi connectivity index (χ3v) is 1.91. The number of nitrogens with zero attached hydrogens (tertiary/aromatic N) is 1. The van der Waals surface area contributed by atoms with Crippen molar-refractivity contribution in [3.63, 3.8) is 0 Å². The molecule has 4 heteroatoms. The molecule has 0 saturated heterocycles. The normalized spacial score (nSPS) is 10.2. The smallest absolute Gasteiger partial charge is 0.126 e. The molecule has 0 aliphatic heterocycles. The second-order valence-electron chi connectivity index (χ2n) is 3.69. The fraction of sp³-hybridized carbons (Fsp3) is 0.417. The van der Waals surface area contributed by atoms with E-state index in [1.807, 2.05) is 19.9 Å². The number of nitriles is 1. The molecule has 0 aliphatic carbocycles. The van der Waals surface area contributed by atoms with Gasteiger partial charge in [-0.25, -0.2) is 4.39 Å². The summed E-state index contributed by atoms with van der Waals surface area (Å²) < 4.78 is 18.4. The van der Waals surface area contributed by atoms with Crippen LogP contribution in [0.1, 0.15) is 19.4 Å². The van der Waals surface area contributed by atoms with E-state index >= 15 is 0 Å². The van der Waals surface area contributed by atoms with Gasteiger partial charge in [-0.1, -0.05) is 0 Å². The Balaban J connectivity index is 2.48. The summed E-state index contributed by atoms with van der Waals surface area (Å²) in [6.45, 7) is 5.05. The Morgan fingerprint density at radius 3 is 2.81 bits per heavy atom. The second-order valence-corrected chi connectivity index (χ2v) is 3.69. The van der Waals surface area contributed by atoms with Crippen molar-refractivity contribution in [3.05, 3.63) is 29.6 Å². The molecule has 0 aliphatic rings. The Kier molecular flexibility index (Phi) is 4.74. The van der Waals surface area contributed by atoms with Crippen LogP contribution in [-0.4, -0.2) is 19.3 Å². The number of rotatable bonds is 5. The summed E-state index contributed by atoms with van der Waals surface area (Å²) in [7, 11) is 0. The number of ether oxygens (including phenoxy) is 1. The van der Waals surface area contributed by atoms with E-state index < -0.39 is 5.82 Å². The van der Waals surface area contributed by atoms with Crippen LogP contribution in [0.2, 0.25) is 0 Å². The molecule has 0 spiro atoms. The first-order valence-corrected chi connectivity index (χ1v) is 5.18. The van der Waals surface area contributed by atoms with Gasteiger partial charge < -0.3 is 10.1 Å². The van der Waals surface area contributed by atoms with Crippen molar-refractivity contribution >= 4 is 5.69 Å². The lowest BCUT2D eigenvalue weighted by atomic mass is 10.2. The standard InChI is InChI=1S/C12H15FN2O/c1-9(2)16-4-3-15-12-6-10(8-14)5-11(13)7-12/h5-7,9,15H,3-4H2,1-2H3. The van der Waals surface area contributed by atoms with E-state index in [4.69, 9.17) is 10.00 Å². The topological polar surface area (TPSA) is 45.0 Å². The molecular formula is C12H15FN2O. The first-order valence-electron chi connectivity index (χ1n) is 5.18. The number of benzene rings is 1. The highest BCUT2D eigenvalue weighted by Crippen LogP contribution is 2.12. The summed E-state index contributed by atoms with van der Waals surface area (Å²) in [6, 6.07) is 6.08. The molecule has 0 unspecified atom stereocenters. The van der Waals surface area contributed by atoms with Crippen molar-refractivity contribution in [2.24, 2.45) is 0 Å². The van der Waals surface area contributed by atoms with Crippen molar-refractivity contribution in [2.75, 3.05) is 18.5 Å². The fourth-order valence-corrected chi connectivity index (χ4v) is 1.25. The molecule has 3 nitrogen and oxygen atoms in total. The molecule has 1 aromatic carbocycles. The van der Waals surface area contributed by atoms with Crippen molar-refractivity contribution in [3.8, 4) is 6.07 Å². The van der Waals surface area contributed by atoms with Gasteiger partial charge in [-0.3, -0.25) is 0 Å². The van der Waals surface area contributed by atoms with Gasteiger partial charge in [0.15, 0.2) is 0 Å². The van der Waals surface area contributed by atoms with Crippen LogP contribution in [0, 0.1) is 17.1 Å². The third-order valence-electron chi connectivity index (χ3n) is 1.91. The minimum Gasteiger partial charge on any atom is -0.383 e. The minimum absolute atomic E-state index is 0.184. The predicted octanol–water partition coefficient (Wildman–Crippen LogP) is 2.53. The number of hydrogen-bond acceptors (Lipinski definition) is 3. The molecule has 0 bridgehead atoms. The van der Waals surface area contributed by atoms with Crippen molar-refractivity contribution in [1.29, 1.82) is 5.26 Å². The average Bonchev–Trinajstić information content (AvgIpc) is 2.23. The van der Waals surface area contributed by atoms with Gasteiger partial charge in [0.05, 0.1) is 24.3 Å². The number of anilines is 1. The Bertz CT molecular complexity index is 385. The van der Waals surface area contributed by atoms with Gasteiger partial charge in [-0.15, -0.1) is 0 Å². The molecule has 0 heterocycles. The molecule has 0 atom stereocenters. The Morgan fingerprint density at radius 2 is 2.19 bits per heavy atom. The molecule has 16 heavy (non-hydrogen) atoms. The van der Waals surface area contributed by atoms with Crippen LogP contribution in [-0.2, 0) is 4.74 Å². The number of hydrogen-bond donors (Lipinski definition) is 1. The SMILES string of the molecule is CC(C)OCCNc1cc(F)cc(C#N)c1. The Hall–Kier alpha value is -1.60. The zero-order valence-electron chi connectivity index (χ0n) is 9.46. The summed E-state index contributed by atoms with van der Waals surface area (Å²) in [5, 5.41) is 11.7. The van der Waals surface area contributed by atoms with Gasteiger partial charge in [-0.2, -0.15) is 5.26 Å². The van der Waals surface area contributed by atoms with E-state index in [2.05, 4.69) is 5.32 Å². The number of halogens is 1. The van der Waals surface area contributed by atoms with Crippen molar-refractivity contribution in [2.45, 2.75) is 20.0 Å². The highest BCUT2D eigenvalue weighted by molar-refractivity contribution is 5.49. The van der Waals surface area contributed by atoms with E-state index in [1.165, 1.54) is 12.1 Å². The van der Waals surface area contributed by atoms with E-state index in [0.717, 1.165) is 0 Å². The van der Waals surface area contributed by atoms with Crippen LogP contribution in [0.15, 0.2) is 18.2 Å². The molecule has 1 rings (SSSR count). The van der Waals surface area contributed by atoms with Crippen LogP contribution in [0.5, 0.6) is 0 Å². The maximum absolute atomic E-state index is 13.0. The maximum Gasteiger partial charge on any atom is 0.126 e. The monoisotopic (exact) mass is 222 g/mol. The molecule has 0 radical (unpaired) electrons. The first kappa shape index (κ1) is 12.5. The Labute approximate surface area is 94.8 Å². The quantitative estimate of drug-likeness (QED) is 0.779. The molecular weight excluding hydrogens is 207 g/mol. The lowest BCUT2D eigenvalue weighted by Crippen LogP contribution is -2.13. The van der Waals surface area contributed by atoms with Crippen LogP contribution >= 0.6 is 0 Å². The van der Waals surface area contributed by atoms with Gasteiger partial charge in [0.2, 0.25) is 0 Å². The van der Waals surface area contributed by atoms with E-state index in [-0.39, 0.29) is 6.10 Å². The molecule has 0 aromatic heterocycles. The van der Waals surface area contributed by atoms with Gasteiger partial charge in [0.1, 0.15) is 5.82 Å². The van der Waals surface area contributed by atoms with Crippen LogP contribution < -0.4 is 5.32 Å². The maximum atomic E-state index is 13.0. The zero-order valence-corrected chi connectivity index (χ0v) is 9.46. The van der Waals surface area contributed by atoms with Gasteiger partial charge in [0.25, 0.3) is 0 Å². The summed E-state index contributed by atoms with van der Waals surface area (Å²) in [4.78, 5) is 0. The number of nitrogens with one attached hydrogen (secondary N) is 1. The second kappa shape index (κ2) is 6.09. The first-order chi connectivity index (χ1) is 7.61.